The SMILES string of the molecule is CNC(C)(C)c1nc2cccc(C)n2n1. The van der Waals surface area contributed by atoms with E-state index < -0.39 is 0 Å². The molecular formula is C11H16N4. The topological polar surface area (TPSA) is 42.2 Å². The van der Waals surface area contributed by atoms with Gasteiger partial charge in [-0.05, 0) is 40.0 Å². The van der Waals surface area contributed by atoms with Gasteiger partial charge in [-0.25, -0.2) is 9.50 Å². The molecule has 80 valence electrons. The Kier molecular flexibility index (Phi) is 2.23. The van der Waals surface area contributed by atoms with Crippen molar-refractivity contribution in [3.63, 3.8) is 0 Å². The van der Waals surface area contributed by atoms with E-state index in [0.717, 1.165) is 17.2 Å². The van der Waals surface area contributed by atoms with Crippen LogP contribution in [0, 0.1) is 6.92 Å². The maximum atomic E-state index is 4.51. The third-order valence-corrected chi connectivity index (χ3v) is 2.73. The van der Waals surface area contributed by atoms with E-state index in [0.29, 0.717) is 0 Å². The van der Waals surface area contributed by atoms with E-state index >= 15 is 0 Å². The summed E-state index contributed by atoms with van der Waals surface area (Å²) in [6.07, 6.45) is 0. The van der Waals surface area contributed by atoms with Crippen LogP contribution in [0.5, 0.6) is 0 Å². The van der Waals surface area contributed by atoms with Gasteiger partial charge in [-0.1, -0.05) is 6.07 Å². The molecule has 2 heterocycles. The molecule has 4 heteroatoms. The van der Waals surface area contributed by atoms with Gasteiger partial charge in [-0.3, -0.25) is 0 Å². The van der Waals surface area contributed by atoms with E-state index in [1.54, 1.807) is 0 Å². The summed E-state index contributed by atoms with van der Waals surface area (Å²) >= 11 is 0. The summed E-state index contributed by atoms with van der Waals surface area (Å²) in [5.41, 5.74) is 1.80. The minimum absolute atomic E-state index is 0.196. The summed E-state index contributed by atoms with van der Waals surface area (Å²) in [6.45, 7) is 6.16. The zero-order chi connectivity index (χ0) is 11.1. The Morgan fingerprint density at radius 1 is 1.33 bits per heavy atom. The maximum Gasteiger partial charge on any atom is 0.171 e. The average molecular weight is 204 g/mol. The van der Waals surface area contributed by atoms with Crippen LogP contribution in [-0.2, 0) is 5.54 Å². The lowest BCUT2D eigenvalue weighted by atomic mass is 10.1. The Morgan fingerprint density at radius 2 is 2.07 bits per heavy atom. The molecule has 0 fully saturated rings. The van der Waals surface area contributed by atoms with Crippen molar-refractivity contribution in [2.75, 3.05) is 7.05 Å². The highest BCUT2D eigenvalue weighted by molar-refractivity contribution is 5.39. The van der Waals surface area contributed by atoms with Gasteiger partial charge < -0.3 is 5.32 Å². The van der Waals surface area contributed by atoms with E-state index in [-0.39, 0.29) is 5.54 Å². The van der Waals surface area contributed by atoms with Crippen LogP contribution < -0.4 is 5.32 Å². The van der Waals surface area contributed by atoms with Crippen molar-refractivity contribution in [1.29, 1.82) is 0 Å². The zero-order valence-corrected chi connectivity index (χ0v) is 9.57. The van der Waals surface area contributed by atoms with Gasteiger partial charge in [0.15, 0.2) is 11.5 Å². The van der Waals surface area contributed by atoms with Crippen LogP contribution in [0.1, 0.15) is 25.4 Å². The first-order valence-electron chi connectivity index (χ1n) is 5.06. The standard InChI is InChI=1S/C11H16N4/c1-8-6-5-7-9-13-10(14-15(8)9)11(2,3)12-4/h5-7,12H,1-4H3. The number of fused-ring (bicyclic) bond motifs is 1. The Hall–Kier alpha value is -1.42. The largest absolute Gasteiger partial charge is 0.308 e. The number of nitrogens with one attached hydrogen (secondary N) is 1. The fourth-order valence-electron chi connectivity index (χ4n) is 1.41. The second kappa shape index (κ2) is 3.31. The summed E-state index contributed by atoms with van der Waals surface area (Å²) in [5.74, 6) is 0.819. The van der Waals surface area contributed by atoms with Crippen molar-refractivity contribution >= 4 is 5.65 Å². The summed E-state index contributed by atoms with van der Waals surface area (Å²) in [6, 6.07) is 5.99. The van der Waals surface area contributed by atoms with Crippen molar-refractivity contribution in [3.8, 4) is 0 Å². The van der Waals surface area contributed by atoms with Crippen molar-refractivity contribution in [2.45, 2.75) is 26.3 Å². The highest BCUT2D eigenvalue weighted by Crippen LogP contribution is 2.16. The highest BCUT2D eigenvalue weighted by atomic mass is 15.3. The maximum absolute atomic E-state index is 4.51. The monoisotopic (exact) mass is 204 g/mol. The molecule has 2 aromatic heterocycles. The number of pyridine rings is 1. The molecule has 0 aliphatic carbocycles. The average Bonchev–Trinajstić information content (AvgIpc) is 2.64. The molecule has 2 rings (SSSR count). The predicted octanol–water partition coefficient (Wildman–Crippen LogP) is 1.49. The first-order valence-corrected chi connectivity index (χ1v) is 5.06. The molecule has 0 radical (unpaired) electrons. The van der Waals surface area contributed by atoms with Crippen molar-refractivity contribution in [1.82, 2.24) is 19.9 Å². The molecule has 4 nitrogen and oxygen atoms in total. The molecule has 0 unspecified atom stereocenters. The molecule has 0 saturated heterocycles. The second-order valence-corrected chi connectivity index (χ2v) is 4.25. The molecule has 0 amide bonds. The van der Waals surface area contributed by atoms with Gasteiger partial charge in [0.25, 0.3) is 0 Å². The Morgan fingerprint density at radius 3 is 2.67 bits per heavy atom. The number of nitrogens with zero attached hydrogens (tertiary/aromatic N) is 3. The Balaban J connectivity index is 2.62. The number of hydrogen-bond acceptors (Lipinski definition) is 3. The molecule has 0 spiro atoms. The van der Waals surface area contributed by atoms with Crippen molar-refractivity contribution < 1.29 is 0 Å². The molecule has 0 atom stereocenters. The Labute approximate surface area is 89.3 Å². The smallest absolute Gasteiger partial charge is 0.171 e. The predicted molar refractivity (Wildman–Crippen MR) is 59.8 cm³/mol. The van der Waals surface area contributed by atoms with Gasteiger partial charge >= 0.3 is 0 Å². The molecule has 15 heavy (non-hydrogen) atoms. The lowest BCUT2D eigenvalue weighted by Gasteiger charge is -2.19. The van der Waals surface area contributed by atoms with Crippen LogP contribution in [0.2, 0.25) is 0 Å². The van der Waals surface area contributed by atoms with E-state index in [4.69, 9.17) is 0 Å². The molecular weight excluding hydrogens is 188 g/mol. The molecule has 0 aliphatic heterocycles. The van der Waals surface area contributed by atoms with Gasteiger partial charge in [0.05, 0.1) is 5.54 Å². The summed E-state index contributed by atoms with van der Waals surface area (Å²) in [4.78, 5) is 4.51. The quantitative estimate of drug-likeness (QED) is 0.806. The summed E-state index contributed by atoms with van der Waals surface area (Å²) in [7, 11) is 1.92. The lowest BCUT2D eigenvalue weighted by Crippen LogP contribution is -2.34. The van der Waals surface area contributed by atoms with Gasteiger partial charge in [0.1, 0.15) is 0 Å². The third kappa shape index (κ3) is 1.61. The molecule has 1 N–H and O–H groups in total. The summed E-state index contributed by atoms with van der Waals surface area (Å²) < 4.78 is 1.87. The van der Waals surface area contributed by atoms with Gasteiger partial charge in [0.2, 0.25) is 0 Å². The molecule has 0 aliphatic rings. The van der Waals surface area contributed by atoms with Gasteiger partial charge in [-0.2, -0.15) is 0 Å². The van der Waals surface area contributed by atoms with Crippen LogP contribution in [0.4, 0.5) is 0 Å². The van der Waals surface area contributed by atoms with Crippen molar-refractivity contribution in [3.05, 3.63) is 29.7 Å². The van der Waals surface area contributed by atoms with Crippen LogP contribution >= 0.6 is 0 Å². The van der Waals surface area contributed by atoms with E-state index in [9.17, 15) is 0 Å². The van der Waals surface area contributed by atoms with Gasteiger partial charge in [-0.15, -0.1) is 5.10 Å². The molecule has 0 aromatic carbocycles. The zero-order valence-electron chi connectivity index (χ0n) is 9.57. The van der Waals surface area contributed by atoms with E-state index in [2.05, 4.69) is 29.2 Å². The van der Waals surface area contributed by atoms with Crippen molar-refractivity contribution in [2.24, 2.45) is 0 Å². The van der Waals surface area contributed by atoms with E-state index in [1.807, 2.05) is 36.7 Å². The second-order valence-electron chi connectivity index (χ2n) is 4.25. The number of aromatic nitrogens is 3. The Bertz CT molecular complexity index is 484. The molecule has 2 aromatic rings. The number of aryl methyl sites for hydroxylation is 1. The molecule has 0 saturated carbocycles. The summed E-state index contributed by atoms with van der Waals surface area (Å²) in [5, 5.41) is 7.70. The minimum atomic E-state index is -0.196. The van der Waals surface area contributed by atoms with Crippen LogP contribution in [-0.4, -0.2) is 21.6 Å². The first-order chi connectivity index (χ1) is 7.04. The third-order valence-electron chi connectivity index (χ3n) is 2.73. The lowest BCUT2D eigenvalue weighted by molar-refractivity contribution is 0.417. The molecule has 0 bridgehead atoms. The normalized spacial score (nSPS) is 12.3. The van der Waals surface area contributed by atoms with Gasteiger partial charge in [0, 0.05) is 5.69 Å². The number of rotatable bonds is 2. The first kappa shape index (κ1) is 10.1. The van der Waals surface area contributed by atoms with Crippen LogP contribution in [0.15, 0.2) is 18.2 Å². The van der Waals surface area contributed by atoms with Crippen LogP contribution in [0.25, 0.3) is 5.65 Å². The van der Waals surface area contributed by atoms with Crippen LogP contribution in [0.3, 0.4) is 0 Å². The minimum Gasteiger partial charge on any atom is -0.308 e. The fraction of sp³-hybridized carbons (Fsp3) is 0.455. The number of hydrogen-bond donors (Lipinski definition) is 1. The fourth-order valence-corrected chi connectivity index (χ4v) is 1.41. The highest BCUT2D eigenvalue weighted by Gasteiger charge is 2.23. The van der Waals surface area contributed by atoms with E-state index in [1.165, 1.54) is 0 Å².